The molecule has 64 heavy (non-hydrogen) atoms. The van der Waals surface area contributed by atoms with E-state index in [1.165, 1.54) is 21.8 Å². The number of nitrogens with zero attached hydrogens (tertiary/aromatic N) is 6. The number of H-pyrrole nitrogens is 1. The van der Waals surface area contributed by atoms with Crippen molar-refractivity contribution in [1.29, 1.82) is 0 Å². The predicted octanol–water partition coefficient (Wildman–Crippen LogP) is -2.32. The second-order valence-electron chi connectivity index (χ2n) is 15.7. The van der Waals surface area contributed by atoms with Crippen LogP contribution in [0, 0.1) is 0 Å². The lowest BCUT2D eigenvalue weighted by molar-refractivity contribution is -0.671. The van der Waals surface area contributed by atoms with E-state index < -0.39 is 0 Å². The highest BCUT2D eigenvalue weighted by Gasteiger charge is 2.21. The van der Waals surface area contributed by atoms with E-state index in [9.17, 15) is 0 Å². The van der Waals surface area contributed by atoms with E-state index in [1.54, 1.807) is 11.3 Å². The Balaban J connectivity index is 0.00000153. The van der Waals surface area contributed by atoms with Crippen molar-refractivity contribution in [3.8, 4) is 44.5 Å². The molecule has 0 aliphatic carbocycles. The molecular weight excluding hydrogens is 896 g/mol. The van der Waals surface area contributed by atoms with Crippen molar-refractivity contribution in [2.75, 3.05) is 0 Å². The second-order valence-corrected chi connectivity index (χ2v) is 16.8. The molecule has 2 aliphatic heterocycles. The van der Waals surface area contributed by atoms with Crippen molar-refractivity contribution in [2.24, 2.45) is 28.2 Å². The summed E-state index contributed by atoms with van der Waals surface area (Å²) >= 11 is 1.79. The molecule has 0 saturated heterocycles. The Morgan fingerprint density at radius 3 is 1.20 bits per heavy atom. The molecule has 0 amide bonds. The number of hydrogen-bond acceptors (Lipinski definition) is 3. The lowest BCUT2D eigenvalue weighted by Crippen LogP contribution is -3.00. The van der Waals surface area contributed by atoms with E-state index in [-0.39, 0.29) is 49.6 Å². The molecule has 318 valence electrons. The monoisotopic (exact) mass is 935 g/mol. The van der Waals surface area contributed by atoms with Crippen molar-refractivity contribution < 1.29 is 67.9 Å². The summed E-state index contributed by atoms with van der Waals surface area (Å²) in [6.45, 7) is 0. The number of thiophene rings is 1. The number of hydrogen-bond donors (Lipinski definition) is 1. The highest BCUT2D eigenvalue weighted by Crippen LogP contribution is 2.42. The maximum absolute atomic E-state index is 5.53. The van der Waals surface area contributed by atoms with E-state index in [0.717, 1.165) is 87.7 Å². The number of fused-ring (bicyclic) bond motifs is 10. The highest BCUT2D eigenvalue weighted by molar-refractivity contribution is 7.24. The summed E-state index contributed by atoms with van der Waals surface area (Å²) in [5.41, 5.74) is 16.6. The van der Waals surface area contributed by atoms with E-state index in [0.29, 0.717) is 0 Å². The topological polar surface area (TPSA) is 57.1 Å². The number of benzene rings is 2. The third-order valence-electron chi connectivity index (χ3n) is 11.7. The average molecular weight is 938 g/mol. The van der Waals surface area contributed by atoms with Crippen molar-refractivity contribution in [3.63, 3.8) is 0 Å². The van der Waals surface area contributed by atoms with E-state index in [4.69, 9.17) is 9.97 Å². The summed E-state index contributed by atoms with van der Waals surface area (Å²) in [6, 6.07) is 39.7. The minimum atomic E-state index is 0. The van der Waals surface area contributed by atoms with Crippen LogP contribution in [0.3, 0.4) is 0 Å². The molecule has 9 aromatic rings. The van der Waals surface area contributed by atoms with E-state index >= 15 is 0 Å². The fraction of sp³-hybridized carbons (Fsp3) is 0.0769. The van der Waals surface area contributed by atoms with Gasteiger partial charge in [-0.1, -0.05) is 0 Å². The molecule has 0 atom stereocenters. The van der Waals surface area contributed by atoms with Crippen molar-refractivity contribution in [2.45, 2.75) is 0 Å². The van der Waals surface area contributed by atoms with Gasteiger partial charge in [0.1, 0.15) is 28.2 Å². The Labute approximate surface area is 400 Å². The van der Waals surface area contributed by atoms with Crippen LogP contribution >= 0.6 is 11.3 Å². The zero-order valence-electron chi connectivity index (χ0n) is 35.3. The molecule has 0 radical (unpaired) electrons. The second kappa shape index (κ2) is 18.5. The first-order valence-electron chi connectivity index (χ1n) is 20.1. The Kier molecular flexibility index (Phi) is 13.2. The standard InChI is InChI=1S/C52H40N7S.4ClH/c1-56-27-21-33(22-28-56)49-39-11-12-40(53-39)50(34-23-29-57(2)30-24-34)42-14-16-44(55-42)52(38-10-18-46-36(32-38)8-6-26-59(46)4)48-20-19-47(60-48)51(43-15-13-41(49)54-43)37-9-17-45-35(31-37)7-5-25-58(45)3;;;;/h5-32H,1-4H3;4*1H/q+3;;;;/p-3. The minimum absolute atomic E-state index is 0. The SMILES string of the molecule is C[n+]1ccc(-c2c3nc(c(-c4ccc5c(ccc[n+]5C)c4)c4ccc(s4)c(-c4ccc5c(ccc[n+]5C)c4)c4nc(c(-c5cc[n+](C)cc5)c5ccc2[nH]5)C=C4)C=C3)cc1.[Cl-].[Cl-].[Cl-].[Cl-]. The highest BCUT2D eigenvalue weighted by atomic mass is 35.5. The largest absolute Gasteiger partial charge is 1.00 e. The quantitative estimate of drug-likeness (QED) is 0.202. The van der Waals surface area contributed by atoms with E-state index in [2.05, 4.69) is 208 Å². The Morgan fingerprint density at radius 2 is 0.797 bits per heavy atom. The number of aryl methyl sites for hydroxylation is 4. The van der Waals surface area contributed by atoms with Gasteiger partial charge in [-0.25, -0.2) is 28.2 Å². The Morgan fingerprint density at radius 1 is 0.406 bits per heavy atom. The van der Waals surface area contributed by atoms with Gasteiger partial charge in [-0.05, 0) is 107 Å². The minimum Gasteiger partial charge on any atom is -1.00 e. The first-order chi connectivity index (χ1) is 29.3. The maximum Gasteiger partial charge on any atom is 0.212 e. The molecule has 0 spiro atoms. The van der Waals surface area contributed by atoms with Crippen LogP contribution in [0.15, 0.2) is 146 Å². The number of halogens is 4. The first kappa shape index (κ1) is 45.8. The van der Waals surface area contributed by atoms with Crippen LogP contribution in [-0.2, 0) is 28.2 Å². The number of aromatic nitrogens is 7. The summed E-state index contributed by atoms with van der Waals surface area (Å²) in [4.78, 5) is 14.9. The molecule has 8 bridgehead atoms. The molecule has 2 aromatic carbocycles. The number of rotatable bonds is 4. The van der Waals surface area contributed by atoms with Crippen LogP contribution in [0.25, 0.3) is 111 Å². The Hall–Kier alpha value is -6.26. The van der Waals surface area contributed by atoms with Crippen LogP contribution in [0.2, 0.25) is 0 Å². The van der Waals surface area contributed by atoms with Crippen molar-refractivity contribution in [3.05, 3.63) is 169 Å². The van der Waals surface area contributed by atoms with Gasteiger partial charge in [-0.3, -0.25) is 0 Å². The average Bonchev–Trinajstić information content (AvgIpc) is 4.11. The van der Waals surface area contributed by atoms with Gasteiger partial charge in [-0.15, -0.1) is 11.3 Å². The van der Waals surface area contributed by atoms with E-state index in [1.807, 2.05) is 14.1 Å². The molecule has 2 aliphatic rings. The number of pyridine rings is 4. The fourth-order valence-corrected chi connectivity index (χ4v) is 9.83. The number of nitrogens with one attached hydrogen (secondary N) is 1. The van der Waals surface area contributed by atoms with Gasteiger partial charge in [-0.2, -0.15) is 0 Å². The zero-order chi connectivity index (χ0) is 40.5. The van der Waals surface area contributed by atoms with Gasteiger partial charge in [0.2, 0.25) is 11.0 Å². The van der Waals surface area contributed by atoms with Gasteiger partial charge in [0.25, 0.3) is 0 Å². The fourth-order valence-electron chi connectivity index (χ4n) is 8.67. The van der Waals surface area contributed by atoms with Crippen LogP contribution < -0.4 is 67.9 Å². The van der Waals surface area contributed by atoms with Crippen LogP contribution in [0.1, 0.15) is 22.8 Å². The molecule has 1 N–H and O–H groups in total. The molecule has 0 saturated carbocycles. The maximum atomic E-state index is 5.53. The molecule has 12 heteroatoms. The van der Waals surface area contributed by atoms with Crippen LogP contribution in [-0.4, -0.2) is 15.0 Å². The lowest BCUT2D eigenvalue weighted by Gasteiger charge is -2.07. The summed E-state index contributed by atoms with van der Waals surface area (Å²) in [5, 5.41) is 2.35. The summed E-state index contributed by atoms with van der Waals surface area (Å²) < 4.78 is 10.7. The molecule has 7 aromatic heterocycles. The molecule has 11 rings (SSSR count). The third kappa shape index (κ3) is 8.08. The zero-order valence-corrected chi connectivity index (χ0v) is 39.1. The number of aromatic amines is 1. The lowest BCUT2D eigenvalue weighted by atomic mass is 10.0. The third-order valence-corrected chi connectivity index (χ3v) is 12.8. The van der Waals surface area contributed by atoms with Crippen LogP contribution in [0.4, 0.5) is 0 Å². The van der Waals surface area contributed by atoms with Gasteiger partial charge >= 0.3 is 0 Å². The molecular formula is C52H41Cl4N7S. The molecule has 9 heterocycles. The van der Waals surface area contributed by atoms with Crippen LogP contribution in [0.5, 0.6) is 0 Å². The summed E-state index contributed by atoms with van der Waals surface area (Å²) in [7, 11) is 8.28. The van der Waals surface area contributed by atoms with Gasteiger partial charge in [0.05, 0.1) is 22.8 Å². The van der Waals surface area contributed by atoms with Gasteiger partial charge < -0.3 is 54.6 Å². The van der Waals surface area contributed by atoms with Gasteiger partial charge in [0, 0.05) is 102 Å². The van der Waals surface area contributed by atoms with Gasteiger partial charge in [0.15, 0.2) is 37.2 Å². The normalized spacial score (nSPS) is 11.4. The predicted molar refractivity (Wildman–Crippen MR) is 244 cm³/mol. The van der Waals surface area contributed by atoms with Crippen molar-refractivity contribution in [1.82, 2.24) is 15.0 Å². The first-order valence-corrected chi connectivity index (χ1v) is 20.9. The van der Waals surface area contributed by atoms with Crippen molar-refractivity contribution >= 4 is 77.9 Å². The smallest absolute Gasteiger partial charge is 0.212 e. The molecule has 7 nitrogen and oxygen atoms in total. The molecule has 0 unspecified atom stereocenters. The summed E-state index contributed by atoms with van der Waals surface area (Å²) in [6.07, 6.45) is 21.3. The summed E-state index contributed by atoms with van der Waals surface area (Å²) in [5.74, 6) is 0. The molecule has 0 fully saturated rings. The Bertz CT molecular complexity index is 3260.